The molecule has 0 heterocycles. The van der Waals surface area contributed by atoms with Crippen molar-refractivity contribution in [3.63, 3.8) is 0 Å². The van der Waals surface area contributed by atoms with Crippen LogP contribution in [0.4, 0.5) is 5.69 Å². The Balaban J connectivity index is 2.68. The fourth-order valence-electron chi connectivity index (χ4n) is 0.969. The Bertz CT molecular complexity index is 330. The molecule has 0 saturated carbocycles. The van der Waals surface area contributed by atoms with Gasteiger partial charge >= 0.3 is 0 Å². The first-order valence-corrected chi connectivity index (χ1v) is 4.16. The summed E-state index contributed by atoms with van der Waals surface area (Å²) in [5, 5.41) is 6.29. The quantitative estimate of drug-likeness (QED) is 0.584. The molecule has 0 fully saturated rings. The molecule has 4 heteroatoms. The number of nitrogens with zero attached hydrogens (tertiary/aromatic N) is 1. The number of anilines is 1. The second-order valence-corrected chi connectivity index (χ2v) is 2.72. The molecular formula is C10H12N2O2. The number of oxime groups is 1. The summed E-state index contributed by atoms with van der Waals surface area (Å²) in [7, 11) is 1.49. The van der Waals surface area contributed by atoms with Crippen molar-refractivity contribution in [2.75, 3.05) is 12.4 Å². The van der Waals surface area contributed by atoms with Crippen LogP contribution in [0.5, 0.6) is 0 Å². The van der Waals surface area contributed by atoms with Crippen LogP contribution < -0.4 is 5.32 Å². The van der Waals surface area contributed by atoms with Crippen molar-refractivity contribution in [1.29, 1.82) is 0 Å². The summed E-state index contributed by atoms with van der Waals surface area (Å²) in [5.41, 5.74) is 1.69. The Morgan fingerprint density at radius 3 is 2.57 bits per heavy atom. The minimum Gasteiger partial charge on any atom is -0.399 e. The Hall–Kier alpha value is -1.84. The van der Waals surface area contributed by atoms with E-state index in [1.807, 2.05) is 12.1 Å². The van der Waals surface area contributed by atoms with Gasteiger partial charge in [0.05, 0.1) is 6.21 Å². The van der Waals surface area contributed by atoms with E-state index in [0.717, 1.165) is 11.3 Å². The smallest absolute Gasteiger partial charge is 0.221 e. The molecule has 0 aliphatic heterocycles. The first-order chi connectivity index (χ1) is 6.72. The SMILES string of the molecule is CON=Cc1ccc(NC(C)=O)cc1. The van der Waals surface area contributed by atoms with Crippen LogP contribution in [0.3, 0.4) is 0 Å². The van der Waals surface area contributed by atoms with Gasteiger partial charge in [0.15, 0.2) is 0 Å². The van der Waals surface area contributed by atoms with Gasteiger partial charge in [-0.3, -0.25) is 4.79 Å². The molecule has 1 aromatic carbocycles. The number of carbonyl (C=O) groups is 1. The van der Waals surface area contributed by atoms with Gasteiger partial charge in [0.1, 0.15) is 7.11 Å². The Morgan fingerprint density at radius 2 is 2.07 bits per heavy atom. The van der Waals surface area contributed by atoms with E-state index in [9.17, 15) is 4.79 Å². The first-order valence-electron chi connectivity index (χ1n) is 4.16. The van der Waals surface area contributed by atoms with Crippen molar-refractivity contribution >= 4 is 17.8 Å². The van der Waals surface area contributed by atoms with E-state index in [2.05, 4.69) is 15.3 Å². The van der Waals surface area contributed by atoms with Crippen LogP contribution in [0.2, 0.25) is 0 Å². The van der Waals surface area contributed by atoms with E-state index in [-0.39, 0.29) is 5.91 Å². The van der Waals surface area contributed by atoms with E-state index in [1.54, 1.807) is 18.3 Å². The van der Waals surface area contributed by atoms with E-state index in [1.165, 1.54) is 14.0 Å². The lowest BCUT2D eigenvalue weighted by Gasteiger charge is -2.00. The highest BCUT2D eigenvalue weighted by molar-refractivity contribution is 5.89. The van der Waals surface area contributed by atoms with Crippen molar-refractivity contribution in [2.24, 2.45) is 5.16 Å². The predicted molar refractivity (Wildman–Crippen MR) is 55.3 cm³/mol. The molecule has 0 aliphatic carbocycles. The molecule has 0 aromatic heterocycles. The van der Waals surface area contributed by atoms with Gasteiger partial charge in [-0.25, -0.2) is 0 Å². The molecule has 0 atom stereocenters. The number of hydrogen-bond donors (Lipinski definition) is 1. The summed E-state index contributed by atoms with van der Waals surface area (Å²) in [6.45, 7) is 1.47. The fourth-order valence-corrected chi connectivity index (χ4v) is 0.969. The summed E-state index contributed by atoms with van der Waals surface area (Å²) in [6.07, 6.45) is 1.59. The Kier molecular flexibility index (Phi) is 3.67. The molecule has 0 spiro atoms. The average Bonchev–Trinajstić information content (AvgIpc) is 2.16. The molecular weight excluding hydrogens is 180 g/mol. The number of benzene rings is 1. The summed E-state index contributed by atoms with van der Waals surface area (Å²) in [4.78, 5) is 15.3. The van der Waals surface area contributed by atoms with Crippen LogP contribution >= 0.6 is 0 Å². The van der Waals surface area contributed by atoms with Gasteiger partial charge in [-0.05, 0) is 17.7 Å². The van der Waals surface area contributed by atoms with E-state index >= 15 is 0 Å². The minimum absolute atomic E-state index is 0.0803. The lowest BCUT2D eigenvalue weighted by molar-refractivity contribution is -0.114. The fraction of sp³-hybridized carbons (Fsp3) is 0.200. The van der Waals surface area contributed by atoms with Crippen LogP contribution in [0.1, 0.15) is 12.5 Å². The number of nitrogens with one attached hydrogen (secondary N) is 1. The Morgan fingerprint density at radius 1 is 1.43 bits per heavy atom. The highest BCUT2D eigenvalue weighted by atomic mass is 16.6. The third kappa shape index (κ3) is 3.26. The normalized spacial score (nSPS) is 10.1. The van der Waals surface area contributed by atoms with Crippen LogP contribution in [0.25, 0.3) is 0 Å². The second kappa shape index (κ2) is 5.01. The Labute approximate surface area is 82.6 Å². The molecule has 14 heavy (non-hydrogen) atoms. The second-order valence-electron chi connectivity index (χ2n) is 2.72. The number of amides is 1. The van der Waals surface area contributed by atoms with E-state index < -0.39 is 0 Å². The van der Waals surface area contributed by atoms with E-state index in [0.29, 0.717) is 0 Å². The minimum atomic E-state index is -0.0803. The summed E-state index contributed by atoms with van der Waals surface area (Å²) < 4.78 is 0. The van der Waals surface area contributed by atoms with Crippen LogP contribution in [-0.2, 0) is 9.63 Å². The number of hydrogen-bond acceptors (Lipinski definition) is 3. The lowest BCUT2D eigenvalue weighted by Crippen LogP contribution is -2.05. The zero-order valence-corrected chi connectivity index (χ0v) is 8.15. The van der Waals surface area contributed by atoms with Gasteiger partial charge < -0.3 is 10.2 Å². The molecule has 1 rings (SSSR count). The van der Waals surface area contributed by atoms with Gasteiger partial charge in [0, 0.05) is 12.6 Å². The summed E-state index contributed by atoms with van der Waals surface area (Å²) >= 11 is 0. The van der Waals surface area contributed by atoms with Crippen molar-refractivity contribution in [1.82, 2.24) is 0 Å². The molecule has 0 saturated heterocycles. The van der Waals surface area contributed by atoms with Gasteiger partial charge in [0.2, 0.25) is 5.91 Å². The standard InChI is InChI=1S/C10H12N2O2/c1-8(13)12-10-5-3-9(4-6-10)7-11-14-2/h3-7H,1-2H3,(H,12,13). The maximum Gasteiger partial charge on any atom is 0.221 e. The number of carbonyl (C=O) groups excluding carboxylic acids is 1. The van der Waals surface area contributed by atoms with Gasteiger partial charge in [0.25, 0.3) is 0 Å². The molecule has 1 amide bonds. The summed E-state index contributed by atoms with van der Waals surface area (Å²) in [6, 6.07) is 7.29. The largest absolute Gasteiger partial charge is 0.399 e. The molecule has 74 valence electrons. The molecule has 4 nitrogen and oxygen atoms in total. The monoisotopic (exact) mass is 192 g/mol. The molecule has 0 bridgehead atoms. The third-order valence-electron chi connectivity index (χ3n) is 1.54. The number of rotatable bonds is 3. The molecule has 0 aliphatic rings. The average molecular weight is 192 g/mol. The predicted octanol–water partition coefficient (Wildman–Crippen LogP) is 1.63. The zero-order chi connectivity index (χ0) is 10.4. The molecule has 0 unspecified atom stereocenters. The maximum absolute atomic E-state index is 10.7. The highest BCUT2D eigenvalue weighted by Gasteiger charge is 1.94. The van der Waals surface area contributed by atoms with Crippen molar-refractivity contribution in [2.45, 2.75) is 6.92 Å². The van der Waals surface area contributed by atoms with Gasteiger partial charge in [-0.15, -0.1) is 0 Å². The molecule has 1 N–H and O–H groups in total. The maximum atomic E-state index is 10.7. The first kappa shape index (κ1) is 10.2. The van der Waals surface area contributed by atoms with Gasteiger partial charge in [-0.2, -0.15) is 0 Å². The van der Waals surface area contributed by atoms with Crippen LogP contribution in [0.15, 0.2) is 29.4 Å². The van der Waals surface area contributed by atoms with Crippen molar-refractivity contribution in [3.8, 4) is 0 Å². The van der Waals surface area contributed by atoms with Crippen LogP contribution in [-0.4, -0.2) is 19.2 Å². The van der Waals surface area contributed by atoms with Crippen molar-refractivity contribution < 1.29 is 9.63 Å². The lowest BCUT2D eigenvalue weighted by atomic mass is 10.2. The van der Waals surface area contributed by atoms with Gasteiger partial charge in [-0.1, -0.05) is 17.3 Å². The van der Waals surface area contributed by atoms with Crippen LogP contribution in [0, 0.1) is 0 Å². The van der Waals surface area contributed by atoms with E-state index in [4.69, 9.17) is 0 Å². The molecule has 0 radical (unpaired) electrons. The van der Waals surface area contributed by atoms with Crippen molar-refractivity contribution in [3.05, 3.63) is 29.8 Å². The highest BCUT2D eigenvalue weighted by Crippen LogP contribution is 2.07. The summed E-state index contributed by atoms with van der Waals surface area (Å²) in [5.74, 6) is -0.0803. The topological polar surface area (TPSA) is 50.7 Å². The molecule has 1 aromatic rings. The zero-order valence-electron chi connectivity index (χ0n) is 8.15. The third-order valence-corrected chi connectivity index (χ3v) is 1.54.